The summed E-state index contributed by atoms with van der Waals surface area (Å²) in [4.78, 5) is 23.2. The van der Waals surface area contributed by atoms with Crippen molar-refractivity contribution in [2.45, 2.75) is 26.7 Å². The van der Waals surface area contributed by atoms with Crippen LogP contribution in [0.1, 0.15) is 35.9 Å². The number of carbonyl (C=O) groups is 1. The third kappa shape index (κ3) is 4.08. The summed E-state index contributed by atoms with van der Waals surface area (Å²) in [6, 6.07) is 11.2. The Kier molecular flexibility index (Phi) is 5.40. The molecule has 140 valence electrons. The molecule has 0 atom stereocenters. The molecule has 0 saturated heterocycles. The predicted molar refractivity (Wildman–Crippen MR) is 102 cm³/mol. The maximum atomic E-state index is 12.8. The molecule has 1 N–H and O–H groups in total. The van der Waals surface area contributed by atoms with Gasteiger partial charge in [-0.15, -0.1) is 0 Å². The van der Waals surface area contributed by atoms with E-state index in [1.54, 1.807) is 25.1 Å². The summed E-state index contributed by atoms with van der Waals surface area (Å²) in [6.45, 7) is 4.40. The number of carbonyl (C=O) groups excluding carboxylic acids is 1. The number of hydrogen-bond acceptors (Lipinski definition) is 5. The highest BCUT2D eigenvalue weighted by atomic mass is 16.6. The number of unbranched alkanes of at least 4 members (excludes halogenated alkanes) is 1. The van der Waals surface area contributed by atoms with E-state index < -0.39 is 10.8 Å². The monoisotopic (exact) mass is 368 g/mol. The van der Waals surface area contributed by atoms with E-state index in [0.29, 0.717) is 40.3 Å². The first-order chi connectivity index (χ1) is 13.0. The molecule has 2 aromatic carbocycles. The summed E-state index contributed by atoms with van der Waals surface area (Å²) in [6.07, 6.45) is 1.98. The molecule has 0 unspecified atom stereocenters. The Morgan fingerprint density at radius 1 is 1.26 bits per heavy atom. The highest BCUT2D eigenvalue weighted by molar-refractivity contribution is 6.13. The van der Waals surface area contributed by atoms with Crippen molar-refractivity contribution in [2.24, 2.45) is 0 Å². The average Bonchev–Trinajstić information content (AvgIpc) is 2.97. The molecule has 3 rings (SSSR count). The number of nitrogens with zero attached hydrogens (tertiary/aromatic N) is 1. The molecule has 0 saturated carbocycles. The van der Waals surface area contributed by atoms with Gasteiger partial charge in [0.1, 0.15) is 17.1 Å². The molecule has 0 aliphatic carbocycles. The first-order valence-electron chi connectivity index (χ1n) is 8.71. The number of ether oxygens (including phenoxy) is 1. The quantitative estimate of drug-likeness (QED) is 0.356. The summed E-state index contributed by atoms with van der Waals surface area (Å²) in [7, 11) is 0. The Labute approximate surface area is 156 Å². The predicted octanol–water partition coefficient (Wildman–Crippen LogP) is 5.08. The van der Waals surface area contributed by atoms with Crippen LogP contribution in [-0.2, 0) is 0 Å². The molecule has 0 fully saturated rings. The van der Waals surface area contributed by atoms with Crippen molar-refractivity contribution in [3.63, 3.8) is 0 Å². The fourth-order valence-electron chi connectivity index (χ4n) is 2.80. The zero-order chi connectivity index (χ0) is 19.4. The SMILES string of the molecule is CCCCOc1ccc2oc(C)c(C(=O)Nc3cccc([N+](=O)[O-])c3)c2c1. The van der Waals surface area contributed by atoms with E-state index in [0.717, 1.165) is 12.8 Å². The lowest BCUT2D eigenvalue weighted by molar-refractivity contribution is -0.384. The van der Waals surface area contributed by atoms with Gasteiger partial charge in [-0.05, 0) is 37.6 Å². The standard InChI is InChI=1S/C20H20N2O5/c1-3-4-10-26-16-8-9-18-17(12-16)19(13(2)27-18)20(23)21-14-6-5-7-15(11-14)22(24)25/h5-9,11-12H,3-4,10H2,1-2H3,(H,21,23). The molecule has 1 aromatic heterocycles. The minimum absolute atomic E-state index is 0.0896. The van der Waals surface area contributed by atoms with E-state index in [2.05, 4.69) is 12.2 Å². The number of fused-ring (bicyclic) bond motifs is 1. The number of non-ortho nitro benzene ring substituents is 1. The molecule has 1 heterocycles. The maximum Gasteiger partial charge on any atom is 0.271 e. The summed E-state index contributed by atoms with van der Waals surface area (Å²) in [5.41, 5.74) is 1.23. The third-order valence-corrected chi connectivity index (χ3v) is 4.14. The zero-order valence-electron chi connectivity index (χ0n) is 15.2. The zero-order valence-corrected chi connectivity index (χ0v) is 15.2. The van der Waals surface area contributed by atoms with Gasteiger partial charge in [-0.3, -0.25) is 14.9 Å². The van der Waals surface area contributed by atoms with Gasteiger partial charge in [0, 0.05) is 23.2 Å². The second-order valence-electron chi connectivity index (χ2n) is 6.15. The summed E-state index contributed by atoms with van der Waals surface area (Å²) in [5.74, 6) is 0.747. The Morgan fingerprint density at radius 3 is 2.81 bits per heavy atom. The molecule has 0 aliphatic heterocycles. The topological polar surface area (TPSA) is 94.6 Å². The van der Waals surface area contributed by atoms with Crippen molar-refractivity contribution in [1.82, 2.24) is 0 Å². The summed E-state index contributed by atoms with van der Waals surface area (Å²) >= 11 is 0. The van der Waals surface area contributed by atoms with Crippen molar-refractivity contribution in [3.8, 4) is 5.75 Å². The first-order valence-corrected chi connectivity index (χ1v) is 8.71. The molecular weight excluding hydrogens is 348 g/mol. The number of nitrogens with one attached hydrogen (secondary N) is 1. The number of furan rings is 1. The van der Waals surface area contributed by atoms with Crippen molar-refractivity contribution in [3.05, 3.63) is 63.9 Å². The molecule has 3 aromatic rings. The van der Waals surface area contributed by atoms with Crippen molar-refractivity contribution in [2.75, 3.05) is 11.9 Å². The largest absolute Gasteiger partial charge is 0.494 e. The summed E-state index contributed by atoms with van der Waals surface area (Å²) in [5, 5.41) is 14.2. The smallest absolute Gasteiger partial charge is 0.271 e. The molecule has 7 heteroatoms. The molecule has 27 heavy (non-hydrogen) atoms. The van der Waals surface area contributed by atoms with Gasteiger partial charge in [-0.25, -0.2) is 0 Å². The Bertz CT molecular complexity index is 993. The summed E-state index contributed by atoms with van der Waals surface area (Å²) < 4.78 is 11.4. The van der Waals surface area contributed by atoms with Crippen LogP contribution in [0.25, 0.3) is 11.0 Å². The Balaban J connectivity index is 1.89. The molecule has 0 spiro atoms. The minimum atomic E-state index is -0.506. The van der Waals surface area contributed by atoms with Gasteiger partial charge < -0.3 is 14.5 Å². The fraction of sp³-hybridized carbons (Fsp3) is 0.250. The molecule has 0 aliphatic rings. The van der Waals surface area contributed by atoms with E-state index in [-0.39, 0.29) is 5.69 Å². The van der Waals surface area contributed by atoms with Crippen molar-refractivity contribution in [1.29, 1.82) is 0 Å². The normalized spacial score (nSPS) is 10.7. The Hall–Kier alpha value is -3.35. The van der Waals surface area contributed by atoms with Gasteiger partial charge in [0.25, 0.3) is 11.6 Å². The Morgan fingerprint density at radius 2 is 2.07 bits per heavy atom. The minimum Gasteiger partial charge on any atom is -0.494 e. The van der Waals surface area contributed by atoms with E-state index >= 15 is 0 Å². The van der Waals surface area contributed by atoms with E-state index in [1.165, 1.54) is 18.2 Å². The van der Waals surface area contributed by atoms with Crippen LogP contribution in [-0.4, -0.2) is 17.4 Å². The van der Waals surface area contributed by atoms with Gasteiger partial charge in [0.15, 0.2) is 0 Å². The molecule has 7 nitrogen and oxygen atoms in total. The van der Waals surface area contributed by atoms with Crippen LogP contribution in [0, 0.1) is 17.0 Å². The highest BCUT2D eigenvalue weighted by Gasteiger charge is 2.19. The van der Waals surface area contributed by atoms with Gasteiger partial charge in [0.05, 0.1) is 17.1 Å². The highest BCUT2D eigenvalue weighted by Crippen LogP contribution is 2.30. The van der Waals surface area contributed by atoms with Crippen LogP contribution in [0.2, 0.25) is 0 Å². The van der Waals surface area contributed by atoms with Crippen LogP contribution in [0.4, 0.5) is 11.4 Å². The second-order valence-corrected chi connectivity index (χ2v) is 6.15. The number of rotatable bonds is 7. The number of nitro groups is 1. The van der Waals surface area contributed by atoms with Gasteiger partial charge in [-0.2, -0.15) is 0 Å². The lowest BCUT2D eigenvalue weighted by Crippen LogP contribution is -2.12. The number of hydrogen-bond donors (Lipinski definition) is 1. The number of benzene rings is 2. The molecule has 0 radical (unpaired) electrons. The van der Waals surface area contributed by atoms with Crippen LogP contribution >= 0.6 is 0 Å². The molecule has 0 bridgehead atoms. The molecule has 1 amide bonds. The van der Waals surface area contributed by atoms with E-state index in [4.69, 9.17) is 9.15 Å². The van der Waals surface area contributed by atoms with Gasteiger partial charge >= 0.3 is 0 Å². The van der Waals surface area contributed by atoms with Crippen LogP contribution < -0.4 is 10.1 Å². The number of nitro benzene ring substituents is 1. The van der Waals surface area contributed by atoms with Gasteiger partial charge in [-0.1, -0.05) is 19.4 Å². The van der Waals surface area contributed by atoms with Gasteiger partial charge in [0.2, 0.25) is 0 Å². The van der Waals surface area contributed by atoms with E-state index in [9.17, 15) is 14.9 Å². The first kappa shape index (κ1) is 18.4. The van der Waals surface area contributed by atoms with Crippen molar-refractivity contribution >= 4 is 28.3 Å². The average molecular weight is 368 g/mol. The second kappa shape index (κ2) is 7.90. The van der Waals surface area contributed by atoms with Crippen LogP contribution in [0.15, 0.2) is 46.9 Å². The van der Waals surface area contributed by atoms with Crippen LogP contribution in [0.3, 0.4) is 0 Å². The number of anilines is 1. The fourth-order valence-corrected chi connectivity index (χ4v) is 2.80. The maximum absolute atomic E-state index is 12.8. The third-order valence-electron chi connectivity index (χ3n) is 4.14. The lowest BCUT2D eigenvalue weighted by Gasteiger charge is -2.06. The van der Waals surface area contributed by atoms with E-state index in [1.807, 2.05) is 6.07 Å². The number of amides is 1. The van der Waals surface area contributed by atoms with Crippen molar-refractivity contribution < 1.29 is 18.9 Å². The van der Waals surface area contributed by atoms with Crippen LogP contribution in [0.5, 0.6) is 5.75 Å². The lowest BCUT2D eigenvalue weighted by atomic mass is 10.1. The number of aryl methyl sites for hydroxylation is 1. The molecular formula is C20H20N2O5.